The summed E-state index contributed by atoms with van der Waals surface area (Å²) in [6.07, 6.45) is 1.49. The van der Waals surface area contributed by atoms with Gasteiger partial charge in [-0.3, -0.25) is 4.90 Å². The van der Waals surface area contributed by atoms with Crippen LogP contribution in [0.5, 0.6) is 5.75 Å². The lowest BCUT2D eigenvalue weighted by Crippen LogP contribution is -2.23. The summed E-state index contributed by atoms with van der Waals surface area (Å²) in [6, 6.07) is 10.7. The summed E-state index contributed by atoms with van der Waals surface area (Å²) in [5, 5.41) is 0. The molecule has 1 aromatic rings. The molecule has 0 aliphatic carbocycles. The Bertz CT molecular complexity index is 276. The van der Waals surface area contributed by atoms with E-state index in [0.717, 1.165) is 18.7 Å². The Labute approximate surface area is 85.5 Å². The average molecular weight is 191 g/mol. The molecule has 1 fully saturated rings. The molecule has 14 heavy (non-hydrogen) atoms. The van der Waals surface area contributed by atoms with Gasteiger partial charge in [-0.1, -0.05) is 18.2 Å². The number of hydrogen-bond donors (Lipinski definition) is 0. The van der Waals surface area contributed by atoms with Gasteiger partial charge in [0.25, 0.3) is 0 Å². The Morgan fingerprint density at radius 1 is 1.29 bits per heavy atom. The molecule has 0 bridgehead atoms. The van der Waals surface area contributed by atoms with Crippen molar-refractivity contribution >= 4 is 0 Å². The number of rotatable bonds is 2. The summed E-state index contributed by atoms with van der Waals surface area (Å²) in [5.41, 5.74) is 0. The van der Waals surface area contributed by atoms with Gasteiger partial charge in [0.15, 0.2) is 0 Å². The third kappa shape index (κ3) is 2.07. The fraction of sp³-hybridized carbons (Fsp3) is 0.500. The number of hydrogen-bond acceptors (Lipinski definition) is 2. The van der Waals surface area contributed by atoms with E-state index < -0.39 is 0 Å². The van der Waals surface area contributed by atoms with Gasteiger partial charge >= 0.3 is 0 Å². The van der Waals surface area contributed by atoms with Crippen molar-refractivity contribution in [2.45, 2.75) is 25.5 Å². The predicted molar refractivity (Wildman–Crippen MR) is 57.6 cm³/mol. The fourth-order valence-corrected chi connectivity index (χ4v) is 1.91. The van der Waals surface area contributed by atoms with E-state index in [1.165, 1.54) is 0 Å². The topological polar surface area (TPSA) is 12.5 Å². The minimum absolute atomic E-state index is 0.359. The summed E-state index contributed by atoms with van der Waals surface area (Å²) in [7, 11) is 2.15. The van der Waals surface area contributed by atoms with Gasteiger partial charge in [-0.2, -0.15) is 0 Å². The molecule has 2 nitrogen and oxygen atoms in total. The third-order valence-corrected chi connectivity index (χ3v) is 2.89. The van der Waals surface area contributed by atoms with Crippen molar-refractivity contribution in [2.75, 3.05) is 13.6 Å². The maximum absolute atomic E-state index is 5.87. The van der Waals surface area contributed by atoms with Crippen LogP contribution in [0.25, 0.3) is 0 Å². The second-order valence-electron chi connectivity index (χ2n) is 4.08. The van der Waals surface area contributed by atoms with Crippen LogP contribution in [0.1, 0.15) is 13.3 Å². The summed E-state index contributed by atoms with van der Waals surface area (Å²) in [5.74, 6) is 0.986. The largest absolute Gasteiger partial charge is 0.489 e. The summed E-state index contributed by atoms with van der Waals surface area (Å²) < 4.78 is 5.87. The zero-order chi connectivity index (χ0) is 9.97. The van der Waals surface area contributed by atoms with Crippen LogP contribution < -0.4 is 4.74 Å². The lowest BCUT2D eigenvalue weighted by Gasteiger charge is -2.13. The van der Waals surface area contributed by atoms with Gasteiger partial charge in [0.2, 0.25) is 0 Å². The average Bonchev–Trinajstić information content (AvgIpc) is 2.47. The number of ether oxygens (including phenoxy) is 1. The van der Waals surface area contributed by atoms with E-state index >= 15 is 0 Å². The molecule has 1 aliphatic heterocycles. The molecular formula is C12H17NO. The second kappa shape index (κ2) is 4.01. The van der Waals surface area contributed by atoms with Crippen LogP contribution in [0.3, 0.4) is 0 Å². The van der Waals surface area contributed by atoms with E-state index in [-0.39, 0.29) is 0 Å². The van der Waals surface area contributed by atoms with Crippen molar-refractivity contribution in [1.29, 1.82) is 0 Å². The molecule has 0 N–H and O–H groups in total. The minimum Gasteiger partial charge on any atom is -0.489 e. The van der Waals surface area contributed by atoms with Crippen molar-refractivity contribution in [1.82, 2.24) is 4.90 Å². The van der Waals surface area contributed by atoms with E-state index in [9.17, 15) is 0 Å². The second-order valence-corrected chi connectivity index (χ2v) is 4.08. The number of benzene rings is 1. The van der Waals surface area contributed by atoms with E-state index in [1.54, 1.807) is 0 Å². The molecule has 76 valence electrons. The molecule has 0 aromatic heterocycles. The first-order chi connectivity index (χ1) is 6.75. The molecule has 1 heterocycles. The lowest BCUT2D eigenvalue weighted by atomic mass is 10.2. The highest BCUT2D eigenvalue weighted by Crippen LogP contribution is 2.20. The number of likely N-dealkylation sites (tertiary alicyclic amines) is 1. The van der Waals surface area contributed by atoms with Crippen molar-refractivity contribution in [3.63, 3.8) is 0 Å². The van der Waals surface area contributed by atoms with Gasteiger partial charge in [-0.15, -0.1) is 0 Å². The Kier molecular flexibility index (Phi) is 2.73. The highest BCUT2D eigenvalue weighted by Gasteiger charge is 2.27. The van der Waals surface area contributed by atoms with Crippen LogP contribution in [0, 0.1) is 0 Å². The van der Waals surface area contributed by atoms with Gasteiger partial charge in [0.1, 0.15) is 11.9 Å². The Morgan fingerprint density at radius 3 is 2.57 bits per heavy atom. The van der Waals surface area contributed by atoms with Gasteiger partial charge < -0.3 is 4.74 Å². The zero-order valence-electron chi connectivity index (χ0n) is 8.81. The van der Waals surface area contributed by atoms with Crippen LogP contribution in [-0.2, 0) is 0 Å². The van der Waals surface area contributed by atoms with Crippen molar-refractivity contribution in [2.24, 2.45) is 0 Å². The monoisotopic (exact) mass is 191 g/mol. The number of likely N-dealkylation sites (N-methyl/N-ethyl adjacent to an activating group) is 1. The first-order valence-corrected chi connectivity index (χ1v) is 5.17. The molecule has 0 spiro atoms. The molecule has 1 aliphatic rings. The van der Waals surface area contributed by atoms with Crippen LogP contribution in [0.4, 0.5) is 0 Å². The van der Waals surface area contributed by atoms with Crippen LogP contribution >= 0.6 is 0 Å². The van der Waals surface area contributed by atoms with Crippen LogP contribution in [0.2, 0.25) is 0 Å². The molecule has 1 saturated heterocycles. The summed E-state index contributed by atoms with van der Waals surface area (Å²) >= 11 is 0. The first-order valence-electron chi connectivity index (χ1n) is 5.17. The molecule has 2 rings (SSSR count). The van der Waals surface area contributed by atoms with Crippen molar-refractivity contribution in [3.8, 4) is 5.75 Å². The maximum Gasteiger partial charge on any atom is 0.119 e. The predicted octanol–water partition coefficient (Wildman–Crippen LogP) is 2.16. The van der Waals surface area contributed by atoms with E-state index in [0.29, 0.717) is 12.1 Å². The van der Waals surface area contributed by atoms with Crippen molar-refractivity contribution < 1.29 is 4.74 Å². The summed E-state index contributed by atoms with van der Waals surface area (Å²) in [4.78, 5) is 2.34. The Morgan fingerprint density at radius 2 is 2.00 bits per heavy atom. The molecular weight excluding hydrogens is 174 g/mol. The zero-order valence-corrected chi connectivity index (χ0v) is 8.81. The van der Waals surface area contributed by atoms with Gasteiger partial charge in [0, 0.05) is 19.0 Å². The van der Waals surface area contributed by atoms with Gasteiger partial charge in [-0.05, 0) is 26.1 Å². The normalized spacial score (nSPS) is 27.9. The van der Waals surface area contributed by atoms with Crippen LogP contribution in [-0.4, -0.2) is 30.6 Å². The lowest BCUT2D eigenvalue weighted by molar-refractivity contribution is 0.208. The quantitative estimate of drug-likeness (QED) is 0.710. The number of nitrogens with zero attached hydrogens (tertiary/aromatic N) is 1. The Balaban J connectivity index is 1.94. The SMILES string of the molecule is CC1CC(Oc2ccccc2)CN1C. The molecule has 2 heteroatoms. The molecule has 0 amide bonds. The van der Waals surface area contributed by atoms with E-state index in [1.807, 2.05) is 30.3 Å². The standard InChI is InChI=1S/C12H17NO/c1-10-8-12(9-13(10)2)14-11-6-4-3-5-7-11/h3-7,10,12H,8-9H2,1-2H3. The fourth-order valence-electron chi connectivity index (χ4n) is 1.91. The van der Waals surface area contributed by atoms with E-state index in [2.05, 4.69) is 18.9 Å². The van der Waals surface area contributed by atoms with Gasteiger partial charge in [0.05, 0.1) is 0 Å². The Hall–Kier alpha value is -1.02. The smallest absolute Gasteiger partial charge is 0.119 e. The number of para-hydroxylation sites is 1. The molecule has 0 radical (unpaired) electrons. The molecule has 2 unspecified atom stereocenters. The molecule has 0 saturated carbocycles. The molecule has 2 atom stereocenters. The highest BCUT2D eigenvalue weighted by molar-refractivity contribution is 5.21. The molecule has 1 aromatic carbocycles. The minimum atomic E-state index is 0.359. The maximum atomic E-state index is 5.87. The highest BCUT2D eigenvalue weighted by atomic mass is 16.5. The van der Waals surface area contributed by atoms with E-state index in [4.69, 9.17) is 4.74 Å². The summed E-state index contributed by atoms with van der Waals surface area (Å²) in [6.45, 7) is 3.28. The third-order valence-electron chi connectivity index (χ3n) is 2.89. The van der Waals surface area contributed by atoms with Crippen molar-refractivity contribution in [3.05, 3.63) is 30.3 Å². The van der Waals surface area contributed by atoms with Crippen LogP contribution in [0.15, 0.2) is 30.3 Å². The van der Waals surface area contributed by atoms with Gasteiger partial charge in [-0.25, -0.2) is 0 Å². The first kappa shape index (κ1) is 9.53.